The van der Waals surface area contributed by atoms with Gasteiger partial charge < -0.3 is 20.2 Å². The van der Waals surface area contributed by atoms with Crippen LogP contribution in [-0.4, -0.2) is 59.0 Å². The zero-order chi connectivity index (χ0) is 16.8. The van der Waals surface area contributed by atoms with Gasteiger partial charge in [-0.25, -0.2) is 9.18 Å². The van der Waals surface area contributed by atoms with Crippen molar-refractivity contribution in [2.75, 3.05) is 31.5 Å². The van der Waals surface area contributed by atoms with Crippen molar-refractivity contribution in [1.82, 2.24) is 9.80 Å². The number of urea groups is 1. The highest BCUT2D eigenvalue weighted by molar-refractivity contribution is 5.89. The third-order valence-electron chi connectivity index (χ3n) is 3.57. The molecule has 0 atom stereocenters. The number of piperazine rings is 1. The topological polar surface area (TPSA) is 90.0 Å². The molecule has 2 rings (SSSR count). The largest absolute Gasteiger partial charge is 0.481 e. The van der Waals surface area contributed by atoms with Gasteiger partial charge in [-0.2, -0.15) is 0 Å². The molecule has 0 radical (unpaired) electrons. The van der Waals surface area contributed by atoms with Gasteiger partial charge >= 0.3 is 12.0 Å². The molecule has 1 aliphatic heterocycles. The van der Waals surface area contributed by atoms with Crippen LogP contribution >= 0.6 is 0 Å². The highest BCUT2D eigenvalue weighted by atomic mass is 19.1. The molecule has 1 saturated heterocycles. The number of aliphatic carboxylic acids is 1. The van der Waals surface area contributed by atoms with Crippen LogP contribution in [-0.2, 0) is 9.59 Å². The maximum Gasteiger partial charge on any atom is 0.321 e. The van der Waals surface area contributed by atoms with Gasteiger partial charge in [0.25, 0.3) is 0 Å². The summed E-state index contributed by atoms with van der Waals surface area (Å²) >= 11 is 0. The number of carboxylic acid groups (broad SMARTS) is 1. The number of carbonyl (C=O) groups excluding carboxylic acids is 2. The first-order chi connectivity index (χ1) is 11.0. The monoisotopic (exact) mass is 323 g/mol. The Labute approximate surface area is 132 Å². The molecular formula is C15H18FN3O4. The molecule has 1 aromatic carbocycles. The fraction of sp³-hybridized carbons (Fsp3) is 0.400. The number of anilines is 1. The van der Waals surface area contributed by atoms with E-state index in [1.54, 1.807) is 9.80 Å². The fourth-order valence-electron chi connectivity index (χ4n) is 2.27. The average molecular weight is 323 g/mol. The number of rotatable bonds is 4. The van der Waals surface area contributed by atoms with Gasteiger partial charge in [0.1, 0.15) is 5.82 Å². The van der Waals surface area contributed by atoms with Gasteiger partial charge in [0.05, 0.1) is 6.42 Å². The standard InChI is InChI=1S/C15H18FN3O4/c16-11-1-3-12(4-2-11)17-15(23)19-9-7-18(8-10-19)13(20)5-6-14(21)22/h1-4H,5-10H2,(H,17,23)(H,21,22). The SMILES string of the molecule is O=C(O)CCC(=O)N1CCN(C(=O)Nc2ccc(F)cc2)CC1. The molecule has 3 amide bonds. The molecule has 23 heavy (non-hydrogen) atoms. The van der Waals surface area contributed by atoms with Gasteiger partial charge in [-0.1, -0.05) is 0 Å². The quantitative estimate of drug-likeness (QED) is 0.875. The zero-order valence-electron chi connectivity index (χ0n) is 12.5. The van der Waals surface area contributed by atoms with E-state index < -0.39 is 5.97 Å². The normalized spacial score (nSPS) is 14.5. The first kappa shape index (κ1) is 16.7. The summed E-state index contributed by atoms with van der Waals surface area (Å²) in [5.41, 5.74) is 0.497. The van der Waals surface area contributed by atoms with Crippen LogP contribution in [0.5, 0.6) is 0 Å². The molecule has 0 unspecified atom stereocenters. The Morgan fingerprint density at radius 3 is 2.13 bits per heavy atom. The van der Waals surface area contributed by atoms with Crippen LogP contribution in [0.15, 0.2) is 24.3 Å². The summed E-state index contributed by atoms with van der Waals surface area (Å²) in [6.45, 7) is 1.47. The van der Waals surface area contributed by atoms with Crippen molar-refractivity contribution in [3.05, 3.63) is 30.1 Å². The van der Waals surface area contributed by atoms with Gasteiger partial charge in [0.15, 0.2) is 0 Å². The summed E-state index contributed by atoms with van der Waals surface area (Å²) in [6, 6.07) is 5.15. The summed E-state index contributed by atoms with van der Waals surface area (Å²) in [5, 5.41) is 11.2. The summed E-state index contributed by atoms with van der Waals surface area (Å²) in [7, 11) is 0. The van der Waals surface area contributed by atoms with E-state index in [-0.39, 0.29) is 30.6 Å². The lowest BCUT2D eigenvalue weighted by Crippen LogP contribution is -2.51. The van der Waals surface area contributed by atoms with E-state index in [9.17, 15) is 18.8 Å². The Balaban J connectivity index is 1.79. The lowest BCUT2D eigenvalue weighted by atomic mass is 10.2. The molecule has 0 spiro atoms. The zero-order valence-corrected chi connectivity index (χ0v) is 12.5. The Kier molecular flexibility index (Phi) is 5.51. The van der Waals surface area contributed by atoms with Gasteiger partial charge in [-0.3, -0.25) is 9.59 Å². The molecule has 124 valence electrons. The van der Waals surface area contributed by atoms with E-state index in [0.29, 0.717) is 31.9 Å². The minimum absolute atomic E-state index is 0.0306. The molecule has 0 saturated carbocycles. The molecule has 1 fully saturated rings. The second kappa shape index (κ2) is 7.57. The Morgan fingerprint density at radius 1 is 1.00 bits per heavy atom. The third kappa shape index (κ3) is 4.94. The van der Waals surface area contributed by atoms with E-state index in [0.717, 1.165) is 0 Å². The van der Waals surface area contributed by atoms with E-state index in [4.69, 9.17) is 5.11 Å². The van der Waals surface area contributed by atoms with Crippen LogP contribution in [0, 0.1) is 5.82 Å². The second-order valence-corrected chi connectivity index (χ2v) is 5.20. The van der Waals surface area contributed by atoms with Crippen molar-refractivity contribution >= 4 is 23.6 Å². The van der Waals surface area contributed by atoms with Crippen molar-refractivity contribution in [2.45, 2.75) is 12.8 Å². The van der Waals surface area contributed by atoms with E-state index >= 15 is 0 Å². The van der Waals surface area contributed by atoms with E-state index in [1.807, 2.05) is 0 Å². The van der Waals surface area contributed by atoms with Crippen LogP contribution in [0.3, 0.4) is 0 Å². The molecule has 1 heterocycles. The van der Waals surface area contributed by atoms with Crippen molar-refractivity contribution in [2.24, 2.45) is 0 Å². The lowest BCUT2D eigenvalue weighted by Gasteiger charge is -2.34. The molecule has 1 aromatic rings. The smallest absolute Gasteiger partial charge is 0.321 e. The Hall–Kier alpha value is -2.64. The van der Waals surface area contributed by atoms with Gasteiger partial charge in [0, 0.05) is 38.3 Å². The van der Waals surface area contributed by atoms with Crippen LogP contribution in [0.1, 0.15) is 12.8 Å². The predicted molar refractivity (Wildman–Crippen MR) is 80.4 cm³/mol. The Bertz CT molecular complexity index is 583. The molecule has 0 aromatic heterocycles. The number of hydrogen-bond acceptors (Lipinski definition) is 3. The number of halogens is 1. The minimum atomic E-state index is -1.00. The molecular weight excluding hydrogens is 305 g/mol. The third-order valence-corrected chi connectivity index (χ3v) is 3.57. The molecule has 0 aliphatic carbocycles. The predicted octanol–water partition coefficient (Wildman–Crippen LogP) is 1.37. The summed E-state index contributed by atoms with van der Waals surface area (Å²) in [6.07, 6.45) is -0.221. The number of carboxylic acids is 1. The van der Waals surface area contributed by atoms with Crippen LogP contribution in [0.2, 0.25) is 0 Å². The maximum atomic E-state index is 12.8. The van der Waals surface area contributed by atoms with Gasteiger partial charge in [-0.05, 0) is 24.3 Å². The highest BCUT2D eigenvalue weighted by Crippen LogP contribution is 2.11. The summed E-state index contributed by atoms with van der Waals surface area (Å²) in [5.74, 6) is -1.60. The summed E-state index contributed by atoms with van der Waals surface area (Å²) < 4.78 is 12.8. The minimum Gasteiger partial charge on any atom is -0.481 e. The van der Waals surface area contributed by atoms with Crippen LogP contribution < -0.4 is 5.32 Å². The van der Waals surface area contributed by atoms with E-state index in [2.05, 4.69) is 5.32 Å². The van der Waals surface area contributed by atoms with Crippen molar-refractivity contribution in [1.29, 1.82) is 0 Å². The summed E-state index contributed by atoms with van der Waals surface area (Å²) in [4.78, 5) is 37.5. The van der Waals surface area contributed by atoms with Crippen molar-refractivity contribution in [3.8, 4) is 0 Å². The number of nitrogens with zero attached hydrogens (tertiary/aromatic N) is 2. The molecule has 1 aliphatic rings. The molecule has 0 bridgehead atoms. The number of nitrogens with one attached hydrogen (secondary N) is 1. The molecule has 2 N–H and O–H groups in total. The Morgan fingerprint density at radius 2 is 1.57 bits per heavy atom. The molecule has 7 nitrogen and oxygen atoms in total. The van der Waals surface area contributed by atoms with Crippen LogP contribution in [0.25, 0.3) is 0 Å². The average Bonchev–Trinajstić information content (AvgIpc) is 2.55. The van der Waals surface area contributed by atoms with E-state index in [1.165, 1.54) is 24.3 Å². The first-order valence-electron chi connectivity index (χ1n) is 7.27. The lowest BCUT2D eigenvalue weighted by molar-refractivity contribution is -0.141. The number of benzene rings is 1. The number of hydrogen-bond donors (Lipinski definition) is 2. The van der Waals surface area contributed by atoms with Gasteiger partial charge in [-0.15, -0.1) is 0 Å². The molecule has 8 heteroatoms. The van der Waals surface area contributed by atoms with Crippen LogP contribution in [0.4, 0.5) is 14.9 Å². The second-order valence-electron chi connectivity index (χ2n) is 5.20. The maximum absolute atomic E-state index is 12.8. The first-order valence-corrected chi connectivity index (χ1v) is 7.27. The fourth-order valence-corrected chi connectivity index (χ4v) is 2.27. The van der Waals surface area contributed by atoms with Gasteiger partial charge in [0.2, 0.25) is 5.91 Å². The van der Waals surface area contributed by atoms with Crippen molar-refractivity contribution in [3.63, 3.8) is 0 Å². The number of amides is 3. The van der Waals surface area contributed by atoms with Crippen molar-refractivity contribution < 1.29 is 23.9 Å². The number of carbonyl (C=O) groups is 3. The highest BCUT2D eigenvalue weighted by Gasteiger charge is 2.24.